The molecule has 2 aromatic rings. The van der Waals surface area contributed by atoms with Gasteiger partial charge in [-0.1, -0.05) is 30.3 Å². The second-order valence-electron chi connectivity index (χ2n) is 8.53. The molecule has 4 atom stereocenters. The Balaban J connectivity index is 1.35. The molecule has 29 heavy (non-hydrogen) atoms. The average molecular weight is 393 g/mol. The standard InChI is InChI=1S/C23H28N4O2/c24-17-6-7-21-16(10-17)11-18(12-25-21)26-23(28)27-13-19(15-4-2-1-3-5-15)20-14-29-9-8-22(20)27/h1-5,11-12,17,19-20,22H,6-10,13-14,24H2,(H,26,28). The number of aryl methyl sites for hydroxylation is 1. The first-order chi connectivity index (χ1) is 14.2. The van der Waals surface area contributed by atoms with Gasteiger partial charge in [0.1, 0.15) is 0 Å². The molecule has 2 saturated heterocycles. The van der Waals surface area contributed by atoms with Crippen LogP contribution in [0.4, 0.5) is 10.5 Å². The first-order valence-electron chi connectivity index (χ1n) is 10.6. The van der Waals surface area contributed by atoms with Crippen LogP contribution < -0.4 is 11.1 Å². The molecule has 0 saturated carbocycles. The van der Waals surface area contributed by atoms with Crippen LogP contribution in [0.1, 0.15) is 35.6 Å². The van der Waals surface area contributed by atoms with Gasteiger partial charge in [0.2, 0.25) is 0 Å². The molecule has 3 aliphatic rings. The lowest BCUT2D eigenvalue weighted by Gasteiger charge is -2.32. The highest BCUT2D eigenvalue weighted by Gasteiger charge is 2.45. The van der Waals surface area contributed by atoms with Crippen LogP contribution in [0.25, 0.3) is 0 Å². The number of aromatic nitrogens is 1. The zero-order valence-electron chi connectivity index (χ0n) is 16.6. The van der Waals surface area contributed by atoms with E-state index in [0.717, 1.165) is 49.2 Å². The van der Waals surface area contributed by atoms with Crippen LogP contribution >= 0.6 is 0 Å². The molecule has 2 fully saturated rings. The summed E-state index contributed by atoms with van der Waals surface area (Å²) in [6.45, 7) is 2.15. The lowest BCUT2D eigenvalue weighted by molar-refractivity contribution is 0.0272. The summed E-state index contributed by atoms with van der Waals surface area (Å²) in [6.07, 6.45) is 5.39. The van der Waals surface area contributed by atoms with Gasteiger partial charge in [-0.2, -0.15) is 0 Å². The third-order valence-corrected chi connectivity index (χ3v) is 6.71. The smallest absolute Gasteiger partial charge is 0.322 e. The SMILES string of the molecule is NC1CCc2ncc(NC(=O)N3CC(c4ccccc4)C4COCCC43)cc2C1. The summed E-state index contributed by atoms with van der Waals surface area (Å²) in [5.41, 5.74) is 10.4. The fourth-order valence-corrected chi connectivity index (χ4v) is 5.20. The molecule has 3 heterocycles. The molecule has 0 radical (unpaired) electrons. The monoisotopic (exact) mass is 392 g/mol. The van der Waals surface area contributed by atoms with Crippen molar-refractivity contribution in [3.8, 4) is 0 Å². The summed E-state index contributed by atoms with van der Waals surface area (Å²) in [6, 6.07) is 12.9. The minimum Gasteiger partial charge on any atom is -0.381 e. The third kappa shape index (κ3) is 3.63. The van der Waals surface area contributed by atoms with Gasteiger partial charge in [-0.05, 0) is 42.9 Å². The highest BCUT2D eigenvalue weighted by atomic mass is 16.5. The molecule has 1 aliphatic carbocycles. The zero-order chi connectivity index (χ0) is 19.8. The Morgan fingerprint density at radius 1 is 1.24 bits per heavy atom. The number of likely N-dealkylation sites (tertiary alicyclic amines) is 1. The molecular formula is C23H28N4O2. The van der Waals surface area contributed by atoms with Crippen molar-refractivity contribution < 1.29 is 9.53 Å². The number of rotatable bonds is 2. The van der Waals surface area contributed by atoms with Crippen LogP contribution in [0.3, 0.4) is 0 Å². The maximum Gasteiger partial charge on any atom is 0.322 e. The van der Waals surface area contributed by atoms with Crippen LogP contribution in [0, 0.1) is 5.92 Å². The van der Waals surface area contributed by atoms with E-state index >= 15 is 0 Å². The van der Waals surface area contributed by atoms with Crippen LogP contribution in [0.5, 0.6) is 0 Å². The quantitative estimate of drug-likeness (QED) is 0.823. The number of benzene rings is 1. The predicted molar refractivity (Wildman–Crippen MR) is 112 cm³/mol. The topological polar surface area (TPSA) is 80.5 Å². The summed E-state index contributed by atoms with van der Waals surface area (Å²) in [4.78, 5) is 19.8. The van der Waals surface area contributed by atoms with E-state index in [1.807, 2.05) is 17.0 Å². The summed E-state index contributed by atoms with van der Waals surface area (Å²) >= 11 is 0. The van der Waals surface area contributed by atoms with Crippen molar-refractivity contribution in [2.24, 2.45) is 11.7 Å². The summed E-state index contributed by atoms with van der Waals surface area (Å²) in [5.74, 6) is 0.656. The molecule has 152 valence electrons. The molecular weight excluding hydrogens is 364 g/mol. The number of carbonyl (C=O) groups excluding carboxylic acids is 1. The number of fused-ring (bicyclic) bond motifs is 2. The van der Waals surface area contributed by atoms with E-state index in [1.54, 1.807) is 6.20 Å². The van der Waals surface area contributed by atoms with Gasteiger partial charge >= 0.3 is 6.03 Å². The van der Waals surface area contributed by atoms with Gasteiger partial charge in [0.05, 0.1) is 18.5 Å². The second kappa shape index (κ2) is 7.76. The number of urea groups is 1. The molecule has 2 aliphatic heterocycles. The highest BCUT2D eigenvalue weighted by molar-refractivity contribution is 5.90. The van der Waals surface area contributed by atoms with Crippen LogP contribution in [-0.4, -0.2) is 47.8 Å². The number of hydrogen-bond donors (Lipinski definition) is 2. The summed E-state index contributed by atoms with van der Waals surface area (Å²) < 4.78 is 5.77. The van der Waals surface area contributed by atoms with E-state index in [1.165, 1.54) is 5.56 Å². The number of carbonyl (C=O) groups is 1. The Hall–Kier alpha value is -2.44. The lowest BCUT2D eigenvalue weighted by Crippen LogP contribution is -2.44. The molecule has 5 rings (SSSR count). The number of hydrogen-bond acceptors (Lipinski definition) is 4. The van der Waals surface area contributed by atoms with E-state index in [-0.39, 0.29) is 18.1 Å². The zero-order valence-corrected chi connectivity index (χ0v) is 16.6. The lowest BCUT2D eigenvalue weighted by atomic mass is 9.84. The van der Waals surface area contributed by atoms with Gasteiger partial charge in [-0.15, -0.1) is 0 Å². The van der Waals surface area contributed by atoms with E-state index in [9.17, 15) is 4.79 Å². The van der Waals surface area contributed by atoms with Crippen molar-refractivity contribution in [3.63, 3.8) is 0 Å². The molecule has 1 aromatic heterocycles. The van der Waals surface area contributed by atoms with Gasteiger partial charge in [-0.3, -0.25) is 4.98 Å². The van der Waals surface area contributed by atoms with Gasteiger partial charge in [0.25, 0.3) is 0 Å². The number of amides is 2. The van der Waals surface area contributed by atoms with E-state index in [0.29, 0.717) is 25.0 Å². The number of anilines is 1. The molecule has 1 aromatic carbocycles. The minimum absolute atomic E-state index is 0.0396. The van der Waals surface area contributed by atoms with E-state index < -0.39 is 0 Å². The van der Waals surface area contributed by atoms with Crippen LogP contribution in [-0.2, 0) is 17.6 Å². The molecule has 3 N–H and O–H groups in total. The second-order valence-corrected chi connectivity index (χ2v) is 8.53. The number of nitrogens with one attached hydrogen (secondary N) is 1. The predicted octanol–water partition coefficient (Wildman–Crippen LogP) is 2.93. The Morgan fingerprint density at radius 3 is 2.97 bits per heavy atom. The number of nitrogens with zero attached hydrogens (tertiary/aromatic N) is 2. The minimum atomic E-state index is -0.0396. The average Bonchev–Trinajstić information content (AvgIpc) is 3.14. The van der Waals surface area contributed by atoms with Gasteiger partial charge < -0.3 is 20.7 Å². The molecule has 4 unspecified atom stereocenters. The molecule has 0 spiro atoms. The van der Waals surface area contributed by atoms with Crippen molar-refractivity contribution in [2.45, 2.75) is 43.7 Å². The van der Waals surface area contributed by atoms with E-state index in [4.69, 9.17) is 10.5 Å². The van der Waals surface area contributed by atoms with Crippen molar-refractivity contribution in [1.82, 2.24) is 9.88 Å². The summed E-state index contributed by atoms with van der Waals surface area (Å²) in [5, 5.41) is 3.10. The van der Waals surface area contributed by atoms with E-state index in [2.05, 4.69) is 34.6 Å². The van der Waals surface area contributed by atoms with Crippen LogP contribution in [0.15, 0.2) is 42.6 Å². The normalized spacial score (nSPS) is 28.5. The van der Waals surface area contributed by atoms with Crippen molar-refractivity contribution in [2.75, 3.05) is 25.1 Å². The largest absolute Gasteiger partial charge is 0.381 e. The Bertz CT molecular complexity index is 888. The summed E-state index contributed by atoms with van der Waals surface area (Å²) in [7, 11) is 0. The van der Waals surface area contributed by atoms with Crippen molar-refractivity contribution in [1.29, 1.82) is 0 Å². The maximum atomic E-state index is 13.2. The highest BCUT2D eigenvalue weighted by Crippen LogP contribution is 2.41. The third-order valence-electron chi connectivity index (χ3n) is 6.71. The fraction of sp³-hybridized carbons (Fsp3) is 0.478. The van der Waals surface area contributed by atoms with Gasteiger partial charge in [0, 0.05) is 42.8 Å². The fourth-order valence-electron chi connectivity index (χ4n) is 5.20. The molecule has 6 nitrogen and oxygen atoms in total. The number of nitrogens with two attached hydrogens (primary N) is 1. The Labute approximate surface area is 171 Å². The maximum absolute atomic E-state index is 13.2. The number of pyridine rings is 1. The Morgan fingerprint density at radius 2 is 2.10 bits per heavy atom. The van der Waals surface area contributed by atoms with Gasteiger partial charge in [0.15, 0.2) is 0 Å². The Kier molecular flexibility index (Phi) is 4.97. The first kappa shape index (κ1) is 18.6. The first-order valence-corrected chi connectivity index (χ1v) is 10.6. The van der Waals surface area contributed by atoms with Crippen molar-refractivity contribution >= 4 is 11.7 Å². The number of ether oxygens (including phenoxy) is 1. The molecule has 0 bridgehead atoms. The van der Waals surface area contributed by atoms with Crippen molar-refractivity contribution in [3.05, 3.63) is 59.4 Å². The van der Waals surface area contributed by atoms with Gasteiger partial charge in [-0.25, -0.2) is 4.79 Å². The molecule has 6 heteroatoms. The van der Waals surface area contributed by atoms with Crippen LogP contribution in [0.2, 0.25) is 0 Å². The molecule has 2 amide bonds.